The molecule has 0 amide bonds. The van der Waals surface area contributed by atoms with Crippen molar-refractivity contribution in [3.8, 4) is 0 Å². The van der Waals surface area contributed by atoms with Crippen molar-refractivity contribution in [2.75, 3.05) is 0 Å². The van der Waals surface area contributed by atoms with Gasteiger partial charge in [-0.1, -0.05) is 11.6 Å². The Morgan fingerprint density at radius 2 is 2.27 bits per heavy atom. The lowest BCUT2D eigenvalue weighted by molar-refractivity contribution is 1.45. The zero-order chi connectivity index (χ0) is 7.84. The highest BCUT2D eigenvalue weighted by atomic mass is 79.9. The highest BCUT2D eigenvalue weighted by Crippen LogP contribution is 2.25. The van der Waals surface area contributed by atoms with Crippen LogP contribution in [0.4, 0.5) is 0 Å². The van der Waals surface area contributed by atoms with Crippen LogP contribution in [0.1, 0.15) is 0 Å². The van der Waals surface area contributed by atoms with Crippen molar-refractivity contribution in [2.45, 2.75) is 0 Å². The van der Waals surface area contributed by atoms with E-state index in [-0.39, 0.29) is 0 Å². The summed E-state index contributed by atoms with van der Waals surface area (Å²) in [5.41, 5.74) is 1.04. The molecule has 0 saturated carbocycles. The minimum atomic E-state index is 0.742. The molecule has 0 fully saturated rings. The van der Waals surface area contributed by atoms with E-state index in [0.717, 1.165) is 20.4 Å². The Bertz CT molecular complexity index is 394. The second kappa shape index (κ2) is 2.54. The van der Waals surface area contributed by atoms with Crippen molar-refractivity contribution >= 4 is 38.4 Å². The van der Waals surface area contributed by atoms with Gasteiger partial charge in [0.05, 0.1) is 10.7 Å². The molecule has 0 bridgehead atoms. The quantitative estimate of drug-likeness (QED) is 0.713. The fraction of sp³-hybridized carbons (Fsp3) is 0. The number of aromatic nitrogens is 1. The molecule has 1 aromatic carbocycles. The van der Waals surface area contributed by atoms with Gasteiger partial charge in [-0.2, -0.15) is 0 Å². The molecule has 0 unspecified atom stereocenters. The maximum atomic E-state index is 5.80. The number of nitrogens with one attached hydrogen (secondary N) is 1. The Kier molecular flexibility index (Phi) is 1.66. The van der Waals surface area contributed by atoms with Crippen molar-refractivity contribution in [1.29, 1.82) is 0 Å². The van der Waals surface area contributed by atoms with Crippen molar-refractivity contribution < 1.29 is 0 Å². The van der Waals surface area contributed by atoms with Crippen LogP contribution >= 0.6 is 27.5 Å². The van der Waals surface area contributed by atoms with Crippen LogP contribution in [-0.2, 0) is 0 Å². The van der Waals surface area contributed by atoms with Crippen LogP contribution < -0.4 is 0 Å². The van der Waals surface area contributed by atoms with Crippen molar-refractivity contribution in [1.82, 2.24) is 4.98 Å². The minimum absolute atomic E-state index is 0.742. The summed E-state index contributed by atoms with van der Waals surface area (Å²) in [5.74, 6) is 0. The third kappa shape index (κ3) is 1.17. The molecular formula is C8H4BrClN. The zero-order valence-electron chi connectivity index (χ0n) is 5.49. The second-order valence-corrected chi connectivity index (χ2v) is 3.48. The molecule has 0 saturated heterocycles. The average molecular weight is 229 g/mol. The molecule has 0 aliphatic heterocycles. The summed E-state index contributed by atoms with van der Waals surface area (Å²) in [6.45, 7) is 0. The molecule has 3 heteroatoms. The summed E-state index contributed by atoms with van der Waals surface area (Å²) < 4.78 is 0.926. The van der Waals surface area contributed by atoms with Gasteiger partial charge in [0.1, 0.15) is 0 Å². The Labute approximate surface area is 77.5 Å². The maximum Gasteiger partial charge on any atom is 0.0786 e. The summed E-state index contributed by atoms with van der Waals surface area (Å²) >= 11 is 9.15. The van der Waals surface area contributed by atoms with E-state index >= 15 is 0 Å². The number of hydrogen-bond donors (Lipinski definition) is 1. The smallest absolute Gasteiger partial charge is 0.0786 e. The minimum Gasteiger partial charge on any atom is -0.352 e. The number of H-pyrrole nitrogens is 1. The summed E-state index contributed by atoms with van der Waals surface area (Å²) in [7, 11) is 0. The number of halogens is 2. The van der Waals surface area contributed by atoms with Crippen LogP contribution in [0, 0.1) is 6.20 Å². The van der Waals surface area contributed by atoms with Gasteiger partial charge in [0.2, 0.25) is 0 Å². The standard InChI is InChI=1S/C8H4BrClN/c9-7-4-11-8-2-1-5(10)3-6(7)8/h1-3,11H. The first-order valence-corrected chi connectivity index (χ1v) is 4.29. The average Bonchev–Trinajstić information content (AvgIpc) is 2.33. The number of fused-ring (bicyclic) bond motifs is 1. The van der Waals surface area contributed by atoms with Crippen molar-refractivity contribution in [3.63, 3.8) is 0 Å². The number of hydrogen-bond acceptors (Lipinski definition) is 0. The molecule has 1 N–H and O–H groups in total. The van der Waals surface area contributed by atoms with Gasteiger partial charge in [-0.3, -0.25) is 0 Å². The lowest BCUT2D eigenvalue weighted by Crippen LogP contribution is -1.66. The fourth-order valence-corrected chi connectivity index (χ4v) is 1.60. The largest absolute Gasteiger partial charge is 0.352 e. The third-order valence-electron chi connectivity index (χ3n) is 1.52. The normalized spacial score (nSPS) is 10.7. The number of aromatic amines is 1. The molecule has 55 valence electrons. The van der Waals surface area contributed by atoms with Crippen molar-refractivity contribution in [2.24, 2.45) is 0 Å². The van der Waals surface area contributed by atoms with E-state index in [9.17, 15) is 0 Å². The SMILES string of the molecule is Clc1ccc2[nH][c]c(Br)c2c1. The van der Waals surface area contributed by atoms with E-state index in [0.29, 0.717) is 0 Å². The summed E-state index contributed by atoms with van der Waals surface area (Å²) in [4.78, 5) is 2.98. The van der Waals surface area contributed by atoms with E-state index in [2.05, 4.69) is 27.1 Å². The molecule has 0 aliphatic rings. The molecule has 1 aromatic heterocycles. The van der Waals surface area contributed by atoms with Crippen LogP contribution in [0.15, 0.2) is 22.7 Å². The topological polar surface area (TPSA) is 15.8 Å². The maximum absolute atomic E-state index is 5.80. The van der Waals surface area contributed by atoms with Gasteiger partial charge in [0, 0.05) is 15.9 Å². The molecule has 0 spiro atoms. The molecule has 2 aromatic rings. The molecule has 1 heterocycles. The molecule has 1 radical (unpaired) electrons. The van der Waals surface area contributed by atoms with E-state index in [4.69, 9.17) is 11.6 Å². The first kappa shape index (κ1) is 7.19. The van der Waals surface area contributed by atoms with Crippen LogP contribution in [0.2, 0.25) is 5.02 Å². The molecule has 1 nitrogen and oxygen atoms in total. The van der Waals surface area contributed by atoms with Gasteiger partial charge in [-0.25, -0.2) is 0 Å². The molecule has 0 atom stereocenters. The highest BCUT2D eigenvalue weighted by molar-refractivity contribution is 9.10. The molecule has 11 heavy (non-hydrogen) atoms. The van der Waals surface area contributed by atoms with Crippen molar-refractivity contribution in [3.05, 3.63) is 33.9 Å². The Morgan fingerprint density at radius 1 is 1.45 bits per heavy atom. The Balaban J connectivity index is 2.87. The van der Waals surface area contributed by atoms with Gasteiger partial charge >= 0.3 is 0 Å². The lowest BCUT2D eigenvalue weighted by Gasteiger charge is -1.90. The summed E-state index contributed by atoms with van der Waals surface area (Å²) in [6.07, 6.45) is 2.94. The predicted molar refractivity (Wildman–Crippen MR) is 49.8 cm³/mol. The van der Waals surface area contributed by atoms with E-state index < -0.39 is 0 Å². The fourth-order valence-electron chi connectivity index (χ4n) is 0.997. The van der Waals surface area contributed by atoms with E-state index in [1.54, 1.807) is 0 Å². The zero-order valence-corrected chi connectivity index (χ0v) is 7.83. The first-order chi connectivity index (χ1) is 5.27. The first-order valence-electron chi connectivity index (χ1n) is 3.12. The molecule has 2 rings (SSSR count). The van der Waals surface area contributed by atoms with E-state index in [1.807, 2.05) is 18.2 Å². The number of benzene rings is 1. The van der Waals surface area contributed by atoms with Crippen LogP contribution in [-0.4, -0.2) is 4.98 Å². The second-order valence-electron chi connectivity index (χ2n) is 2.25. The van der Waals surface area contributed by atoms with Gasteiger partial charge in [0.15, 0.2) is 0 Å². The van der Waals surface area contributed by atoms with Gasteiger partial charge in [-0.15, -0.1) is 0 Å². The highest BCUT2D eigenvalue weighted by Gasteiger charge is 2.00. The van der Waals surface area contributed by atoms with Crippen LogP contribution in [0.25, 0.3) is 10.9 Å². The summed E-state index contributed by atoms with van der Waals surface area (Å²) in [5, 5.41) is 1.81. The predicted octanol–water partition coefficient (Wildman–Crippen LogP) is 3.38. The van der Waals surface area contributed by atoms with Gasteiger partial charge in [-0.05, 0) is 34.1 Å². The Hall–Kier alpha value is -0.470. The van der Waals surface area contributed by atoms with Crippen LogP contribution in [0.3, 0.4) is 0 Å². The van der Waals surface area contributed by atoms with Gasteiger partial charge < -0.3 is 4.98 Å². The monoisotopic (exact) mass is 228 g/mol. The van der Waals surface area contributed by atoms with E-state index in [1.165, 1.54) is 0 Å². The summed E-state index contributed by atoms with van der Waals surface area (Å²) in [6, 6.07) is 5.67. The van der Waals surface area contributed by atoms with Gasteiger partial charge in [0.25, 0.3) is 0 Å². The number of rotatable bonds is 0. The Morgan fingerprint density at radius 3 is 3.09 bits per heavy atom. The lowest BCUT2D eigenvalue weighted by atomic mass is 10.2. The third-order valence-corrected chi connectivity index (χ3v) is 2.39. The molecular weight excluding hydrogens is 225 g/mol. The molecule has 0 aliphatic carbocycles. The van der Waals surface area contributed by atoms with Crippen LogP contribution in [0.5, 0.6) is 0 Å².